The van der Waals surface area contributed by atoms with Crippen molar-refractivity contribution in [1.82, 2.24) is 9.97 Å². The third-order valence-corrected chi connectivity index (χ3v) is 3.23. The minimum atomic E-state index is -3.48. The van der Waals surface area contributed by atoms with E-state index in [9.17, 15) is 8.42 Å². The van der Waals surface area contributed by atoms with E-state index < -0.39 is 10.1 Å². The number of nitrogens with zero attached hydrogens (tertiary/aromatic N) is 2. The summed E-state index contributed by atoms with van der Waals surface area (Å²) in [5, 5.41) is 0.614. The smallest absolute Gasteiger partial charge is 0.271 e. The van der Waals surface area contributed by atoms with E-state index in [0.29, 0.717) is 10.7 Å². The zero-order chi connectivity index (χ0) is 10.6. The van der Waals surface area contributed by atoms with Gasteiger partial charge in [-0.05, 0) is 6.26 Å². The number of rotatable bonds is 4. The fourth-order valence-electron chi connectivity index (χ4n) is 0.786. The van der Waals surface area contributed by atoms with E-state index in [1.807, 2.05) is 6.26 Å². The van der Waals surface area contributed by atoms with Crippen LogP contribution >= 0.6 is 11.8 Å². The van der Waals surface area contributed by atoms with Crippen molar-refractivity contribution in [3.8, 4) is 0 Å². The molecule has 0 N–H and O–H groups in total. The normalized spacial score (nSPS) is 11.6. The van der Waals surface area contributed by atoms with Gasteiger partial charge in [0.05, 0.1) is 7.11 Å². The van der Waals surface area contributed by atoms with E-state index >= 15 is 0 Å². The van der Waals surface area contributed by atoms with Gasteiger partial charge in [0.15, 0.2) is 5.16 Å². The van der Waals surface area contributed by atoms with Crippen LogP contribution in [0.25, 0.3) is 0 Å². The summed E-state index contributed by atoms with van der Waals surface area (Å²) in [4.78, 5) is 7.89. The predicted octanol–water partition coefficient (Wildman–Crippen LogP) is 0.675. The number of aromatic nitrogens is 2. The van der Waals surface area contributed by atoms with Gasteiger partial charge in [0.25, 0.3) is 10.1 Å². The number of hydrogen-bond donors (Lipinski definition) is 0. The Morgan fingerprint density at radius 3 is 2.43 bits per heavy atom. The van der Waals surface area contributed by atoms with E-state index in [2.05, 4.69) is 14.2 Å². The second-order valence-electron chi connectivity index (χ2n) is 2.45. The number of thioether (sulfide) groups is 1. The lowest BCUT2D eigenvalue weighted by Crippen LogP contribution is -2.06. The van der Waals surface area contributed by atoms with Crippen LogP contribution in [0.1, 0.15) is 5.56 Å². The van der Waals surface area contributed by atoms with Crippen molar-refractivity contribution in [2.24, 2.45) is 0 Å². The van der Waals surface area contributed by atoms with E-state index in [1.165, 1.54) is 24.2 Å². The maximum atomic E-state index is 11.0. The van der Waals surface area contributed by atoms with Crippen LogP contribution < -0.4 is 0 Å². The summed E-state index contributed by atoms with van der Waals surface area (Å²) in [5.74, 6) is -0.196. The minimum Gasteiger partial charge on any atom is -0.273 e. The van der Waals surface area contributed by atoms with Gasteiger partial charge in [-0.25, -0.2) is 9.97 Å². The van der Waals surface area contributed by atoms with Gasteiger partial charge in [0, 0.05) is 18.0 Å². The van der Waals surface area contributed by atoms with Crippen LogP contribution in [0, 0.1) is 0 Å². The van der Waals surface area contributed by atoms with Gasteiger partial charge in [-0.2, -0.15) is 8.42 Å². The average molecular weight is 234 g/mol. The van der Waals surface area contributed by atoms with E-state index in [0.717, 1.165) is 7.11 Å². The van der Waals surface area contributed by atoms with Crippen molar-refractivity contribution < 1.29 is 12.6 Å². The Morgan fingerprint density at radius 2 is 2.00 bits per heavy atom. The zero-order valence-corrected chi connectivity index (χ0v) is 9.43. The van der Waals surface area contributed by atoms with Crippen molar-refractivity contribution in [3.05, 3.63) is 18.0 Å². The molecule has 7 heteroatoms. The Hall–Kier alpha value is -0.660. The van der Waals surface area contributed by atoms with E-state index in [-0.39, 0.29) is 5.75 Å². The molecule has 0 saturated carbocycles. The number of hydrogen-bond acceptors (Lipinski definition) is 6. The molecule has 1 rings (SSSR count). The molecule has 0 aromatic carbocycles. The molecule has 0 bridgehead atoms. The molecule has 0 spiro atoms. The molecular formula is C7H10N2O3S2. The second kappa shape index (κ2) is 4.72. The molecule has 0 amide bonds. The van der Waals surface area contributed by atoms with Crippen molar-refractivity contribution in [2.75, 3.05) is 13.4 Å². The van der Waals surface area contributed by atoms with E-state index in [4.69, 9.17) is 0 Å². The molecule has 0 unspecified atom stereocenters. The quantitative estimate of drug-likeness (QED) is 0.433. The summed E-state index contributed by atoms with van der Waals surface area (Å²) in [5.41, 5.74) is 0.518. The Morgan fingerprint density at radius 1 is 1.43 bits per heavy atom. The lowest BCUT2D eigenvalue weighted by molar-refractivity contribution is 0.397. The van der Waals surface area contributed by atoms with Gasteiger partial charge in [0.1, 0.15) is 5.75 Å². The van der Waals surface area contributed by atoms with Crippen molar-refractivity contribution in [2.45, 2.75) is 10.9 Å². The molecule has 0 atom stereocenters. The first-order valence-corrected chi connectivity index (χ1v) is 6.51. The molecular weight excluding hydrogens is 224 g/mol. The Bertz CT molecular complexity index is 388. The van der Waals surface area contributed by atoms with Gasteiger partial charge in [-0.3, -0.25) is 4.18 Å². The highest BCUT2D eigenvalue weighted by atomic mass is 32.2. The van der Waals surface area contributed by atoms with Crippen LogP contribution in [0.5, 0.6) is 0 Å². The van der Waals surface area contributed by atoms with Crippen LogP contribution in [-0.2, 0) is 20.1 Å². The fraction of sp³-hybridized carbons (Fsp3) is 0.429. The summed E-state index contributed by atoms with van der Waals surface area (Å²) in [7, 11) is -2.35. The Balaban J connectivity index is 2.79. The maximum Gasteiger partial charge on any atom is 0.271 e. The standard InChI is InChI=1S/C7H10N2O3S2/c1-12-14(10,11)5-6-3-8-7(13-2)9-4-6/h3-4H,5H2,1-2H3. The first-order valence-electron chi connectivity index (χ1n) is 3.70. The monoisotopic (exact) mass is 234 g/mol. The predicted molar refractivity (Wildman–Crippen MR) is 53.4 cm³/mol. The lowest BCUT2D eigenvalue weighted by atomic mass is 10.4. The summed E-state index contributed by atoms with van der Waals surface area (Å²) in [6, 6.07) is 0. The minimum absolute atomic E-state index is 0.196. The molecule has 0 fully saturated rings. The summed E-state index contributed by atoms with van der Waals surface area (Å²) < 4.78 is 26.4. The molecule has 0 aliphatic heterocycles. The molecule has 78 valence electrons. The molecule has 0 saturated heterocycles. The van der Waals surface area contributed by atoms with Gasteiger partial charge in [-0.1, -0.05) is 11.8 Å². The van der Waals surface area contributed by atoms with Crippen LogP contribution in [0.15, 0.2) is 17.6 Å². The van der Waals surface area contributed by atoms with Gasteiger partial charge >= 0.3 is 0 Å². The highest BCUT2D eigenvalue weighted by Gasteiger charge is 2.10. The molecule has 1 aromatic rings. The molecule has 1 heterocycles. The molecule has 0 radical (unpaired) electrons. The van der Waals surface area contributed by atoms with Crippen LogP contribution in [-0.4, -0.2) is 31.8 Å². The molecule has 0 aliphatic carbocycles. The fourth-order valence-corrected chi connectivity index (χ4v) is 1.78. The van der Waals surface area contributed by atoms with Crippen molar-refractivity contribution in [3.63, 3.8) is 0 Å². The van der Waals surface area contributed by atoms with Crippen LogP contribution in [0.3, 0.4) is 0 Å². The first-order chi connectivity index (χ1) is 6.57. The SMILES string of the molecule is COS(=O)(=O)Cc1cnc(SC)nc1. The van der Waals surface area contributed by atoms with Crippen LogP contribution in [0.2, 0.25) is 0 Å². The van der Waals surface area contributed by atoms with E-state index in [1.54, 1.807) is 0 Å². The third kappa shape index (κ3) is 3.24. The molecule has 1 aromatic heterocycles. The van der Waals surface area contributed by atoms with Gasteiger partial charge in [-0.15, -0.1) is 0 Å². The zero-order valence-electron chi connectivity index (χ0n) is 7.80. The third-order valence-electron chi connectivity index (χ3n) is 1.46. The Labute approximate surface area is 87.0 Å². The average Bonchev–Trinajstić information content (AvgIpc) is 2.19. The first kappa shape index (κ1) is 11.4. The molecule has 5 nitrogen and oxygen atoms in total. The summed E-state index contributed by atoms with van der Waals surface area (Å²) >= 11 is 1.40. The largest absolute Gasteiger partial charge is 0.273 e. The van der Waals surface area contributed by atoms with Crippen molar-refractivity contribution >= 4 is 21.9 Å². The van der Waals surface area contributed by atoms with Gasteiger partial charge < -0.3 is 0 Å². The maximum absolute atomic E-state index is 11.0. The Kier molecular flexibility index (Phi) is 3.85. The second-order valence-corrected chi connectivity index (χ2v) is 4.96. The summed E-state index contributed by atoms with van der Waals surface area (Å²) in [6.07, 6.45) is 4.81. The molecule has 14 heavy (non-hydrogen) atoms. The lowest BCUT2D eigenvalue weighted by Gasteiger charge is -2.01. The summed E-state index contributed by atoms with van der Waals surface area (Å²) in [6.45, 7) is 0. The van der Waals surface area contributed by atoms with Crippen molar-refractivity contribution in [1.29, 1.82) is 0 Å². The highest BCUT2D eigenvalue weighted by molar-refractivity contribution is 7.98. The molecule has 0 aliphatic rings. The topological polar surface area (TPSA) is 69.2 Å². The van der Waals surface area contributed by atoms with Crippen LogP contribution in [0.4, 0.5) is 0 Å². The highest BCUT2D eigenvalue weighted by Crippen LogP contribution is 2.09. The van der Waals surface area contributed by atoms with Gasteiger partial charge in [0.2, 0.25) is 0 Å².